The van der Waals surface area contributed by atoms with Crippen molar-refractivity contribution in [1.29, 1.82) is 0 Å². The molecule has 1 aromatic carbocycles. The Morgan fingerprint density at radius 2 is 2.14 bits per heavy atom. The van der Waals surface area contributed by atoms with Crippen LogP contribution in [0.5, 0.6) is 0 Å². The molecule has 0 amide bonds. The van der Waals surface area contributed by atoms with Crippen molar-refractivity contribution in [2.75, 3.05) is 0 Å². The molecule has 1 N–H and O–H groups in total. The Hall–Kier alpha value is -1.85. The van der Waals surface area contributed by atoms with E-state index < -0.39 is 4.92 Å². The van der Waals surface area contributed by atoms with Gasteiger partial charge in [-0.25, -0.2) is 0 Å². The molecular formula is C15H18ClN3O2. The first-order chi connectivity index (χ1) is 9.95. The summed E-state index contributed by atoms with van der Waals surface area (Å²) in [4.78, 5) is 10.7. The molecular weight excluding hydrogens is 290 g/mol. The summed E-state index contributed by atoms with van der Waals surface area (Å²) in [5, 5.41) is 14.8. The third-order valence-corrected chi connectivity index (χ3v) is 3.36. The van der Waals surface area contributed by atoms with Crippen molar-refractivity contribution >= 4 is 17.3 Å². The summed E-state index contributed by atoms with van der Waals surface area (Å²) in [5.74, 6) is 0. The van der Waals surface area contributed by atoms with Crippen molar-refractivity contribution < 1.29 is 4.92 Å². The Morgan fingerprint density at radius 3 is 2.81 bits per heavy atom. The van der Waals surface area contributed by atoms with E-state index in [2.05, 4.69) is 19.2 Å². The van der Waals surface area contributed by atoms with Gasteiger partial charge in [0, 0.05) is 41.6 Å². The summed E-state index contributed by atoms with van der Waals surface area (Å²) in [6.07, 6.45) is 3.92. The molecule has 2 aromatic rings. The highest BCUT2D eigenvalue weighted by Gasteiger charge is 2.14. The first-order valence-electron chi connectivity index (χ1n) is 6.76. The maximum Gasteiger partial charge on any atom is 0.275 e. The van der Waals surface area contributed by atoms with E-state index in [0.29, 0.717) is 23.2 Å². The molecule has 1 aromatic heterocycles. The maximum atomic E-state index is 11.1. The average molecular weight is 308 g/mol. The van der Waals surface area contributed by atoms with E-state index in [1.165, 1.54) is 6.07 Å². The van der Waals surface area contributed by atoms with Gasteiger partial charge in [-0.05, 0) is 23.8 Å². The lowest BCUT2D eigenvalue weighted by molar-refractivity contribution is -0.385. The topological polar surface area (TPSA) is 60.1 Å². The molecule has 0 aliphatic heterocycles. The van der Waals surface area contributed by atoms with Gasteiger partial charge >= 0.3 is 0 Å². The van der Waals surface area contributed by atoms with Gasteiger partial charge in [0.1, 0.15) is 0 Å². The molecule has 5 nitrogen and oxygen atoms in total. The first-order valence-corrected chi connectivity index (χ1v) is 7.14. The summed E-state index contributed by atoms with van der Waals surface area (Å²) in [5.41, 5.74) is 1.85. The number of nitro benzene ring substituents is 1. The lowest BCUT2D eigenvalue weighted by Crippen LogP contribution is -2.21. The van der Waals surface area contributed by atoms with Crippen LogP contribution in [-0.4, -0.2) is 15.5 Å². The molecule has 0 saturated carbocycles. The molecule has 0 fully saturated rings. The van der Waals surface area contributed by atoms with E-state index in [-0.39, 0.29) is 5.69 Å². The number of nitrogens with one attached hydrogen (secondary N) is 1. The maximum absolute atomic E-state index is 11.1. The number of hydrogen-bond donors (Lipinski definition) is 1. The molecule has 1 heterocycles. The summed E-state index contributed by atoms with van der Waals surface area (Å²) in [6, 6.07) is 7.20. The van der Waals surface area contributed by atoms with E-state index in [1.807, 2.05) is 23.0 Å². The van der Waals surface area contributed by atoms with Crippen LogP contribution in [0.15, 0.2) is 36.7 Å². The summed E-state index contributed by atoms with van der Waals surface area (Å²) < 4.78 is 1.94. The first kappa shape index (κ1) is 15.5. The predicted octanol–water partition coefficient (Wildman–Crippen LogP) is 3.60. The third-order valence-electron chi connectivity index (χ3n) is 3.12. The predicted molar refractivity (Wildman–Crippen MR) is 83.6 cm³/mol. The van der Waals surface area contributed by atoms with Crippen LogP contribution in [0.3, 0.4) is 0 Å². The van der Waals surface area contributed by atoms with Crippen LogP contribution < -0.4 is 5.32 Å². The Kier molecular flexibility index (Phi) is 4.98. The van der Waals surface area contributed by atoms with Gasteiger partial charge in [-0.15, -0.1) is 0 Å². The molecule has 0 saturated heterocycles. The minimum Gasteiger partial charge on any atom is -0.349 e. The fraction of sp³-hybridized carbons (Fsp3) is 0.333. The Balaban J connectivity index is 2.13. The number of nitrogens with zero attached hydrogens (tertiary/aromatic N) is 2. The number of benzene rings is 1. The van der Waals surface area contributed by atoms with Gasteiger partial charge in [-0.3, -0.25) is 10.1 Å². The molecule has 0 radical (unpaired) electrons. The van der Waals surface area contributed by atoms with Gasteiger partial charge in [-0.2, -0.15) is 0 Å². The van der Waals surface area contributed by atoms with Crippen LogP contribution in [0.2, 0.25) is 5.02 Å². The molecule has 0 spiro atoms. The summed E-state index contributed by atoms with van der Waals surface area (Å²) in [6.45, 7) is 5.42. The summed E-state index contributed by atoms with van der Waals surface area (Å²) >= 11 is 5.82. The minimum absolute atomic E-state index is 0.0538. The van der Waals surface area contributed by atoms with E-state index in [0.717, 1.165) is 12.1 Å². The monoisotopic (exact) mass is 307 g/mol. The van der Waals surface area contributed by atoms with Crippen LogP contribution >= 0.6 is 11.6 Å². The van der Waals surface area contributed by atoms with Crippen LogP contribution in [0.25, 0.3) is 0 Å². The molecule has 2 rings (SSSR count). The molecule has 6 heteroatoms. The quantitative estimate of drug-likeness (QED) is 0.655. The highest BCUT2D eigenvalue weighted by Crippen LogP contribution is 2.24. The molecule has 0 aliphatic rings. The number of hydrogen-bond acceptors (Lipinski definition) is 3. The second-order valence-corrected chi connectivity index (χ2v) is 5.69. The van der Waals surface area contributed by atoms with Crippen molar-refractivity contribution in [2.45, 2.75) is 33.0 Å². The lowest BCUT2D eigenvalue weighted by Gasteiger charge is -2.07. The van der Waals surface area contributed by atoms with E-state index in [9.17, 15) is 10.1 Å². The highest BCUT2D eigenvalue weighted by molar-refractivity contribution is 6.30. The largest absolute Gasteiger partial charge is 0.349 e. The van der Waals surface area contributed by atoms with Crippen molar-refractivity contribution in [3.63, 3.8) is 0 Å². The standard InChI is InChI=1S/C15H18ClN3O2/c1-11(2)17-8-12-5-6-18(9-12)10-13-3-4-14(16)7-15(13)19(20)21/h3-7,9,11,17H,8,10H2,1-2H3. The number of halogens is 1. The Morgan fingerprint density at radius 1 is 1.38 bits per heavy atom. The third kappa shape index (κ3) is 4.31. The van der Waals surface area contributed by atoms with Crippen LogP contribution in [-0.2, 0) is 13.1 Å². The van der Waals surface area contributed by atoms with Crippen molar-refractivity contribution in [2.24, 2.45) is 0 Å². The van der Waals surface area contributed by atoms with Gasteiger partial charge in [0.15, 0.2) is 0 Å². The van der Waals surface area contributed by atoms with Crippen LogP contribution in [0.1, 0.15) is 25.0 Å². The smallest absolute Gasteiger partial charge is 0.275 e. The zero-order chi connectivity index (χ0) is 15.4. The van der Waals surface area contributed by atoms with E-state index >= 15 is 0 Å². The molecule has 0 unspecified atom stereocenters. The molecule has 21 heavy (non-hydrogen) atoms. The Labute approximate surface area is 128 Å². The fourth-order valence-corrected chi connectivity index (χ4v) is 2.22. The van der Waals surface area contributed by atoms with Crippen molar-refractivity contribution in [1.82, 2.24) is 9.88 Å². The lowest BCUT2D eigenvalue weighted by atomic mass is 10.2. The van der Waals surface area contributed by atoms with E-state index in [4.69, 9.17) is 11.6 Å². The molecule has 0 bridgehead atoms. The number of nitro groups is 1. The Bertz CT molecular complexity index is 638. The van der Waals surface area contributed by atoms with Gasteiger partial charge in [0.05, 0.1) is 11.5 Å². The minimum atomic E-state index is -0.397. The van der Waals surface area contributed by atoms with Crippen molar-refractivity contribution in [3.8, 4) is 0 Å². The van der Waals surface area contributed by atoms with Gasteiger partial charge in [-0.1, -0.05) is 25.4 Å². The number of aromatic nitrogens is 1. The number of rotatable bonds is 6. The molecule has 0 aliphatic carbocycles. The highest BCUT2D eigenvalue weighted by atomic mass is 35.5. The molecule has 112 valence electrons. The molecule has 0 atom stereocenters. The van der Waals surface area contributed by atoms with Gasteiger partial charge in [0.25, 0.3) is 5.69 Å². The SMILES string of the molecule is CC(C)NCc1ccn(Cc2ccc(Cl)cc2[N+](=O)[O-])c1. The van der Waals surface area contributed by atoms with Crippen LogP contribution in [0.4, 0.5) is 5.69 Å². The van der Waals surface area contributed by atoms with Crippen molar-refractivity contribution in [3.05, 3.63) is 62.9 Å². The normalized spacial score (nSPS) is 11.0. The second kappa shape index (κ2) is 6.74. The zero-order valence-corrected chi connectivity index (χ0v) is 12.8. The van der Waals surface area contributed by atoms with E-state index in [1.54, 1.807) is 12.1 Å². The zero-order valence-electron chi connectivity index (χ0n) is 12.0. The fourth-order valence-electron chi connectivity index (χ4n) is 2.05. The van der Waals surface area contributed by atoms with Crippen LogP contribution in [0, 0.1) is 10.1 Å². The summed E-state index contributed by atoms with van der Waals surface area (Å²) in [7, 11) is 0. The average Bonchev–Trinajstić information content (AvgIpc) is 2.86. The second-order valence-electron chi connectivity index (χ2n) is 5.26. The van der Waals surface area contributed by atoms with Gasteiger partial charge < -0.3 is 9.88 Å². The van der Waals surface area contributed by atoms with Gasteiger partial charge in [0.2, 0.25) is 0 Å².